The Hall–Kier alpha value is -0.0400. The molecule has 0 amide bonds. The van der Waals surface area contributed by atoms with Crippen LogP contribution in [0.4, 0.5) is 0 Å². The molecule has 2 N–H and O–H groups in total. The van der Waals surface area contributed by atoms with Crippen LogP contribution < -0.4 is 5.73 Å². The monoisotopic (exact) mass is 185 g/mol. The summed E-state index contributed by atoms with van der Waals surface area (Å²) in [5, 5.41) is 0. The van der Waals surface area contributed by atoms with Crippen molar-refractivity contribution in [2.24, 2.45) is 17.1 Å². The summed E-state index contributed by atoms with van der Waals surface area (Å²) in [5.74, 6) is 0.887. The first kappa shape index (κ1) is 13.0. The van der Waals surface area contributed by atoms with Crippen molar-refractivity contribution in [1.29, 1.82) is 0 Å². The first-order valence-corrected chi connectivity index (χ1v) is 5.75. The van der Waals surface area contributed by atoms with Crippen LogP contribution in [0.3, 0.4) is 0 Å². The van der Waals surface area contributed by atoms with Crippen molar-refractivity contribution >= 4 is 0 Å². The van der Waals surface area contributed by atoms with Gasteiger partial charge in [0.1, 0.15) is 0 Å². The Kier molecular flexibility index (Phi) is 6.40. The van der Waals surface area contributed by atoms with E-state index in [1.54, 1.807) is 0 Å². The van der Waals surface area contributed by atoms with Crippen LogP contribution in [0.1, 0.15) is 59.8 Å². The van der Waals surface area contributed by atoms with Crippen molar-refractivity contribution in [3.05, 3.63) is 0 Å². The molecule has 0 spiro atoms. The highest BCUT2D eigenvalue weighted by Crippen LogP contribution is 2.28. The molecule has 0 radical (unpaired) electrons. The van der Waals surface area contributed by atoms with Crippen molar-refractivity contribution in [1.82, 2.24) is 0 Å². The number of hydrogen-bond donors (Lipinski definition) is 1. The molecule has 0 aliphatic rings. The summed E-state index contributed by atoms with van der Waals surface area (Å²) in [5.41, 5.74) is 6.08. The molecule has 0 aliphatic carbocycles. The molecule has 1 nitrogen and oxygen atoms in total. The van der Waals surface area contributed by atoms with E-state index in [1.165, 1.54) is 32.1 Å². The quantitative estimate of drug-likeness (QED) is 0.644. The van der Waals surface area contributed by atoms with Gasteiger partial charge in [0, 0.05) is 0 Å². The Morgan fingerprint density at radius 1 is 1.23 bits per heavy atom. The minimum atomic E-state index is 0.342. The van der Waals surface area contributed by atoms with Crippen LogP contribution in [0.5, 0.6) is 0 Å². The second-order valence-electron chi connectivity index (χ2n) is 4.99. The van der Waals surface area contributed by atoms with Gasteiger partial charge >= 0.3 is 0 Å². The number of unbranched alkanes of at least 4 members (excludes halogenated alkanes) is 1. The summed E-state index contributed by atoms with van der Waals surface area (Å²) in [6, 6.07) is 0. The maximum atomic E-state index is 5.74. The Bertz CT molecular complexity index is 118. The second kappa shape index (κ2) is 6.42. The highest BCUT2D eigenvalue weighted by atomic mass is 14.6. The Labute approximate surface area is 84.1 Å². The van der Waals surface area contributed by atoms with E-state index in [1.807, 2.05) is 0 Å². The fourth-order valence-corrected chi connectivity index (χ4v) is 1.81. The lowest BCUT2D eigenvalue weighted by molar-refractivity contribution is 0.256. The smallest absolute Gasteiger partial charge is 0.00257 e. The van der Waals surface area contributed by atoms with Crippen LogP contribution >= 0.6 is 0 Å². The minimum absolute atomic E-state index is 0.342. The van der Waals surface area contributed by atoms with Crippen molar-refractivity contribution in [2.45, 2.75) is 59.8 Å². The number of rotatable bonds is 7. The normalized spacial score (nSPS) is 14.5. The third-order valence-electron chi connectivity index (χ3n) is 2.94. The van der Waals surface area contributed by atoms with Gasteiger partial charge in [0.05, 0.1) is 0 Å². The Morgan fingerprint density at radius 3 is 2.23 bits per heavy atom. The van der Waals surface area contributed by atoms with E-state index in [4.69, 9.17) is 5.73 Å². The summed E-state index contributed by atoms with van der Waals surface area (Å²) < 4.78 is 0. The lowest BCUT2D eigenvalue weighted by Gasteiger charge is -2.27. The van der Waals surface area contributed by atoms with Gasteiger partial charge in [0.2, 0.25) is 0 Å². The third-order valence-corrected chi connectivity index (χ3v) is 2.94. The molecule has 0 rings (SSSR count). The molecule has 0 aliphatic heterocycles. The van der Waals surface area contributed by atoms with Gasteiger partial charge in [0.25, 0.3) is 0 Å². The predicted octanol–water partition coefficient (Wildman–Crippen LogP) is 3.58. The van der Waals surface area contributed by atoms with Crippen LogP contribution in [-0.2, 0) is 0 Å². The lowest BCUT2D eigenvalue weighted by atomic mass is 9.80. The highest BCUT2D eigenvalue weighted by Gasteiger charge is 2.20. The molecule has 0 aromatic carbocycles. The predicted molar refractivity (Wildman–Crippen MR) is 60.8 cm³/mol. The van der Waals surface area contributed by atoms with Crippen LogP contribution in [0.2, 0.25) is 0 Å². The Morgan fingerprint density at radius 2 is 1.85 bits per heavy atom. The fraction of sp³-hybridized carbons (Fsp3) is 1.00. The van der Waals surface area contributed by atoms with Gasteiger partial charge in [0.15, 0.2) is 0 Å². The van der Waals surface area contributed by atoms with Crippen molar-refractivity contribution in [3.8, 4) is 0 Å². The summed E-state index contributed by atoms with van der Waals surface area (Å²) in [6.07, 6.45) is 6.68. The van der Waals surface area contributed by atoms with Crippen molar-refractivity contribution in [3.63, 3.8) is 0 Å². The molecular weight excluding hydrogens is 158 g/mol. The van der Waals surface area contributed by atoms with Gasteiger partial charge < -0.3 is 5.73 Å². The highest BCUT2D eigenvalue weighted by molar-refractivity contribution is 4.73. The SMILES string of the molecule is CCCCC(CC)CC(C)(C)CN. The number of nitrogens with two attached hydrogens (primary N) is 1. The van der Waals surface area contributed by atoms with Gasteiger partial charge in [-0.3, -0.25) is 0 Å². The molecule has 1 unspecified atom stereocenters. The average molecular weight is 185 g/mol. The molecule has 0 aromatic rings. The molecule has 0 saturated carbocycles. The molecule has 0 saturated heterocycles. The molecule has 13 heavy (non-hydrogen) atoms. The molecule has 1 atom stereocenters. The van der Waals surface area contributed by atoms with Crippen molar-refractivity contribution in [2.75, 3.05) is 6.54 Å². The zero-order chi connectivity index (χ0) is 10.3. The first-order chi connectivity index (χ1) is 6.05. The van der Waals surface area contributed by atoms with E-state index in [-0.39, 0.29) is 0 Å². The maximum absolute atomic E-state index is 5.74. The van der Waals surface area contributed by atoms with E-state index in [0.29, 0.717) is 5.41 Å². The fourth-order valence-electron chi connectivity index (χ4n) is 1.81. The summed E-state index contributed by atoms with van der Waals surface area (Å²) in [6.45, 7) is 9.94. The largest absolute Gasteiger partial charge is 0.330 e. The summed E-state index contributed by atoms with van der Waals surface area (Å²) in [7, 11) is 0. The van der Waals surface area contributed by atoms with Gasteiger partial charge in [-0.05, 0) is 24.3 Å². The van der Waals surface area contributed by atoms with E-state index < -0.39 is 0 Å². The van der Waals surface area contributed by atoms with Gasteiger partial charge in [-0.1, -0.05) is 53.4 Å². The van der Waals surface area contributed by atoms with Crippen LogP contribution in [0, 0.1) is 11.3 Å². The Balaban J connectivity index is 3.82. The third kappa shape index (κ3) is 6.09. The van der Waals surface area contributed by atoms with Crippen LogP contribution in [0.15, 0.2) is 0 Å². The number of hydrogen-bond acceptors (Lipinski definition) is 1. The molecule has 1 heteroatoms. The molecule has 0 heterocycles. The van der Waals surface area contributed by atoms with Crippen molar-refractivity contribution < 1.29 is 0 Å². The van der Waals surface area contributed by atoms with E-state index in [0.717, 1.165) is 12.5 Å². The topological polar surface area (TPSA) is 26.0 Å². The van der Waals surface area contributed by atoms with Gasteiger partial charge in [-0.25, -0.2) is 0 Å². The van der Waals surface area contributed by atoms with E-state index in [9.17, 15) is 0 Å². The van der Waals surface area contributed by atoms with Gasteiger partial charge in [-0.2, -0.15) is 0 Å². The summed E-state index contributed by atoms with van der Waals surface area (Å²) >= 11 is 0. The summed E-state index contributed by atoms with van der Waals surface area (Å²) in [4.78, 5) is 0. The minimum Gasteiger partial charge on any atom is -0.330 e. The van der Waals surface area contributed by atoms with E-state index in [2.05, 4.69) is 27.7 Å². The molecule has 0 aromatic heterocycles. The molecular formula is C12H27N. The van der Waals surface area contributed by atoms with Crippen LogP contribution in [-0.4, -0.2) is 6.54 Å². The zero-order valence-corrected chi connectivity index (χ0v) is 9.90. The molecule has 0 fully saturated rings. The van der Waals surface area contributed by atoms with E-state index >= 15 is 0 Å². The average Bonchev–Trinajstić information content (AvgIpc) is 2.12. The first-order valence-electron chi connectivity index (χ1n) is 5.75. The molecule has 80 valence electrons. The zero-order valence-electron chi connectivity index (χ0n) is 9.90. The van der Waals surface area contributed by atoms with Crippen LogP contribution in [0.25, 0.3) is 0 Å². The second-order valence-corrected chi connectivity index (χ2v) is 4.99. The standard InChI is InChI=1S/C12H27N/c1-5-7-8-11(6-2)9-12(3,4)10-13/h11H,5-10,13H2,1-4H3. The maximum Gasteiger partial charge on any atom is -0.00257 e. The lowest BCUT2D eigenvalue weighted by Crippen LogP contribution is -2.26. The molecule has 0 bridgehead atoms. The van der Waals surface area contributed by atoms with Gasteiger partial charge in [-0.15, -0.1) is 0 Å².